The summed E-state index contributed by atoms with van der Waals surface area (Å²) in [5.41, 5.74) is 3.01. The van der Waals surface area contributed by atoms with E-state index in [0.717, 1.165) is 37.4 Å². The molecule has 0 bridgehead atoms. The molecule has 44 heavy (non-hydrogen) atoms. The van der Waals surface area contributed by atoms with Crippen molar-refractivity contribution in [2.75, 3.05) is 11.9 Å². The first-order valence-corrected chi connectivity index (χ1v) is 19.7. The quantitative estimate of drug-likeness (QED) is 0.128. The van der Waals surface area contributed by atoms with Crippen LogP contribution < -0.4 is 10.6 Å². The molecule has 2 N–H and O–H groups in total. The van der Waals surface area contributed by atoms with Gasteiger partial charge in [-0.15, -0.1) is 0 Å². The van der Waals surface area contributed by atoms with Crippen LogP contribution in [0.3, 0.4) is 0 Å². The number of halogens is 1. The van der Waals surface area contributed by atoms with Crippen molar-refractivity contribution in [3.63, 3.8) is 0 Å². The Labute approximate surface area is 260 Å². The summed E-state index contributed by atoms with van der Waals surface area (Å²) < 4.78 is 25.0. The molecule has 1 atom stereocenters. The molecule has 0 aromatic carbocycles. The summed E-state index contributed by atoms with van der Waals surface area (Å²) in [6, 6.07) is 5.22. The lowest BCUT2D eigenvalue weighted by Gasteiger charge is -2.27. The fraction of sp³-hybridized carbons (Fsp3) is 0.594. The maximum Gasteiger partial charge on any atom is 0.270 e. The van der Waals surface area contributed by atoms with Gasteiger partial charge in [0, 0.05) is 44.2 Å². The second-order valence-corrected chi connectivity index (χ2v) is 19.0. The lowest BCUT2D eigenvalue weighted by atomic mass is 9.88. The number of aromatic nitrogens is 5. The molecule has 10 nitrogen and oxygen atoms in total. The Balaban J connectivity index is 1.33. The first-order valence-electron chi connectivity index (χ1n) is 15.9. The Hall–Kier alpha value is -3.38. The van der Waals surface area contributed by atoms with E-state index in [0.29, 0.717) is 60.7 Å². The van der Waals surface area contributed by atoms with Crippen LogP contribution in [0.1, 0.15) is 61.4 Å². The fourth-order valence-corrected chi connectivity index (χ4v) is 6.85. The molecule has 2 fully saturated rings. The van der Waals surface area contributed by atoms with Crippen LogP contribution in [-0.4, -0.2) is 57.1 Å². The van der Waals surface area contributed by atoms with Crippen LogP contribution in [0.2, 0.25) is 25.7 Å². The number of rotatable bonds is 15. The van der Waals surface area contributed by atoms with Crippen molar-refractivity contribution < 1.29 is 18.7 Å². The van der Waals surface area contributed by atoms with Crippen LogP contribution in [0.25, 0.3) is 11.1 Å². The van der Waals surface area contributed by atoms with E-state index in [4.69, 9.17) is 4.74 Å². The molecule has 3 aromatic rings. The van der Waals surface area contributed by atoms with Gasteiger partial charge < -0.3 is 15.4 Å². The largest absolute Gasteiger partial charge is 0.360 e. The number of ether oxygens (including phenoxy) is 1. The summed E-state index contributed by atoms with van der Waals surface area (Å²) in [7, 11) is -1.21. The number of nitrogens with one attached hydrogen (secondary N) is 2. The number of pyridine rings is 1. The van der Waals surface area contributed by atoms with Crippen LogP contribution >= 0.6 is 0 Å². The summed E-state index contributed by atoms with van der Waals surface area (Å²) in [6.45, 7) is 14.2. The fourth-order valence-electron chi connectivity index (χ4n) is 6.09. The molecule has 5 rings (SSSR count). The van der Waals surface area contributed by atoms with Gasteiger partial charge in [0.25, 0.3) is 5.91 Å². The van der Waals surface area contributed by atoms with Gasteiger partial charge in [0.1, 0.15) is 24.3 Å². The number of carbonyl (C=O) groups excluding carboxylic acids is 2. The van der Waals surface area contributed by atoms with Crippen molar-refractivity contribution in [1.29, 1.82) is 0 Å². The normalized spacial score (nSPS) is 15.9. The van der Waals surface area contributed by atoms with E-state index >= 15 is 4.39 Å². The minimum absolute atomic E-state index is 0.0367. The van der Waals surface area contributed by atoms with Gasteiger partial charge in [-0.1, -0.05) is 26.6 Å². The van der Waals surface area contributed by atoms with Crippen molar-refractivity contribution in [3.05, 3.63) is 47.4 Å². The topological polar surface area (TPSA) is 116 Å². The van der Waals surface area contributed by atoms with Gasteiger partial charge in [-0.05, 0) is 87.9 Å². The molecule has 12 heteroatoms. The summed E-state index contributed by atoms with van der Waals surface area (Å²) in [5, 5.41) is 14.7. The van der Waals surface area contributed by atoms with Crippen LogP contribution in [0.5, 0.6) is 0 Å². The number of carbonyl (C=O) groups is 2. The van der Waals surface area contributed by atoms with E-state index in [1.807, 2.05) is 20.8 Å². The van der Waals surface area contributed by atoms with Gasteiger partial charge in [0.05, 0.1) is 5.69 Å². The molecule has 2 aliphatic rings. The predicted octanol–water partition coefficient (Wildman–Crippen LogP) is 5.66. The standard InChI is InChI=1S/C32H46FN7O3Si/c1-7-24-27(20(3)38-40(24)19-43-17-18-44(4,5)6)23-13-14-26(35-30(23)33)36-32(42)29(28(21-9-10-21)22-11-12-22)37-31(41)25-15-16-34-39(25)8-2/h13-16,21-22,28-29H,7-12,17-19H2,1-6H3,(H,37,41)(H,35,36,42)/t29-/m0/s1. The monoisotopic (exact) mass is 623 g/mol. The molecule has 2 saturated carbocycles. The van der Waals surface area contributed by atoms with E-state index in [-0.39, 0.29) is 23.6 Å². The van der Waals surface area contributed by atoms with Crippen molar-refractivity contribution in [1.82, 2.24) is 29.9 Å². The summed E-state index contributed by atoms with van der Waals surface area (Å²) in [5.74, 6) is -0.464. The molecule has 238 valence electrons. The van der Waals surface area contributed by atoms with Crippen molar-refractivity contribution in [2.24, 2.45) is 17.8 Å². The van der Waals surface area contributed by atoms with E-state index in [2.05, 4.69) is 45.5 Å². The summed E-state index contributed by atoms with van der Waals surface area (Å²) in [4.78, 5) is 31.2. The van der Waals surface area contributed by atoms with E-state index in [9.17, 15) is 9.59 Å². The average Bonchev–Trinajstić information content (AvgIpc) is 3.91. The second kappa shape index (κ2) is 13.3. The van der Waals surface area contributed by atoms with Crippen LogP contribution in [0, 0.1) is 30.6 Å². The molecule has 3 heterocycles. The smallest absolute Gasteiger partial charge is 0.270 e. The van der Waals surface area contributed by atoms with Crippen LogP contribution in [-0.2, 0) is 29.2 Å². The van der Waals surface area contributed by atoms with Gasteiger partial charge >= 0.3 is 0 Å². The Bertz CT molecular complexity index is 1480. The number of amides is 2. The molecule has 0 radical (unpaired) electrons. The van der Waals surface area contributed by atoms with Crippen molar-refractivity contribution in [2.45, 2.75) is 97.9 Å². The molecule has 2 aliphatic carbocycles. The molecule has 2 amide bonds. The first-order chi connectivity index (χ1) is 21.0. The van der Waals surface area contributed by atoms with E-state index < -0.39 is 20.1 Å². The SMILES string of the molecule is CCc1c(-c2ccc(NC(=O)[C@@H](NC(=O)c3ccnn3CC)C(C3CC3)C3CC3)nc2F)c(C)nn1COCC[Si](C)(C)C. The highest BCUT2D eigenvalue weighted by Gasteiger charge is 2.48. The van der Waals surface area contributed by atoms with Crippen LogP contribution in [0.15, 0.2) is 24.4 Å². The number of hydrogen-bond acceptors (Lipinski definition) is 6. The Kier molecular flexibility index (Phi) is 9.69. The zero-order valence-corrected chi connectivity index (χ0v) is 27.8. The maximum absolute atomic E-state index is 15.6. The third-order valence-electron chi connectivity index (χ3n) is 8.68. The number of aryl methyl sites for hydroxylation is 2. The first kappa shape index (κ1) is 32.0. The van der Waals surface area contributed by atoms with Gasteiger partial charge in [0.15, 0.2) is 0 Å². The molecule has 0 saturated heterocycles. The van der Waals surface area contributed by atoms with Crippen LogP contribution in [0.4, 0.5) is 10.2 Å². The van der Waals surface area contributed by atoms with Crippen molar-refractivity contribution >= 4 is 25.7 Å². The molecule has 0 aliphatic heterocycles. The minimum Gasteiger partial charge on any atom is -0.360 e. The minimum atomic E-state index is -1.21. The van der Waals surface area contributed by atoms with E-state index in [1.165, 1.54) is 0 Å². The molecule has 0 spiro atoms. The Morgan fingerprint density at radius 3 is 2.39 bits per heavy atom. The molecule has 0 unspecified atom stereocenters. The lowest BCUT2D eigenvalue weighted by Crippen LogP contribution is -2.50. The number of hydrogen-bond donors (Lipinski definition) is 2. The average molecular weight is 624 g/mol. The van der Waals surface area contributed by atoms with Gasteiger partial charge in [-0.25, -0.2) is 9.67 Å². The highest BCUT2D eigenvalue weighted by Crippen LogP contribution is 2.51. The Morgan fingerprint density at radius 2 is 1.80 bits per heavy atom. The number of anilines is 1. The van der Waals surface area contributed by atoms with Crippen molar-refractivity contribution in [3.8, 4) is 11.1 Å². The molecular formula is C32H46FN7O3Si. The second-order valence-electron chi connectivity index (χ2n) is 13.4. The summed E-state index contributed by atoms with van der Waals surface area (Å²) in [6.07, 6.45) is 6.42. The highest BCUT2D eigenvalue weighted by atomic mass is 28.3. The Morgan fingerprint density at radius 1 is 1.09 bits per heavy atom. The zero-order valence-electron chi connectivity index (χ0n) is 26.8. The lowest BCUT2D eigenvalue weighted by molar-refractivity contribution is -0.119. The van der Waals surface area contributed by atoms with Gasteiger partial charge in [-0.3, -0.25) is 14.3 Å². The van der Waals surface area contributed by atoms with Gasteiger partial charge in [0.2, 0.25) is 11.9 Å². The molecule has 3 aromatic heterocycles. The van der Waals surface area contributed by atoms with E-state index in [1.54, 1.807) is 33.8 Å². The highest BCUT2D eigenvalue weighted by molar-refractivity contribution is 6.76. The third kappa shape index (κ3) is 7.45. The molecular weight excluding hydrogens is 577 g/mol. The summed E-state index contributed by atoms with van der Waals surface area (Å²) >= 11 is 0. The third-order valence-corrected chi connectivity index (χ3v) is 10.4. The van der Waals surface area contributed by atoms with Gasteiger partial charge in [-0.2, -0.15) is 14.6 Å². The maximum atomic E-state index is 15.6. The zero-order chi connectivity index (χ0) is 31.6. The number of nitrogens with zero attached hydrogens (tertiary/aromatic N) is 5. The predicted molar refractivity (Wildman–Crippen MR) is 170 cm³/mol.